The predicted octanol–water partition coefficient (Wildman–Crippen LogP) is 11.8. The Kier molecular flexibility index (Phi) is 11.6. The van der Waals surface area contributed by atoms with Gasteiger partial charge in [0.05, 0.1) is 6.61 Å². The fourth-order valence-corrected chi connectivity index (χ4v) is 4.99. The summed E-state index contributed by atoms with van der Waals surface area (Å²) >= 11 is 0. The van der Waals surface area contributed by atoms with E-state index in [1.807, 2.05) is 6.92 Å². The molecule has 0 aliphatic heterocycles. The molecular formula is C27H25F21O. The number of ether oxygens (including phenoxy) is 1. The van der Waals surface area contributed by atoms with E-state index < -0.39 is 97.0 Å². The highest BCUT2D eigenvalue weighted by Gasteiger charge is 2.98. The number of alkyl halides is 21. The van der Waals surface area contributed by atoms with E-state index in [9.17, 15) is 92.2 Å². The van der Waals surface area contributed by atoms with E-state index in [1.165, 1.54) is 24.3 Å². The zero-order valence-corrected chi connectivity index (χ0v) is 24.5. The van der Waals surface area contributed by atoms with Crippen molar-refractivity contribution in [1.82, 2.24) is 0 Å². The van der Waals surface area contributed by atoms with Crippen molar-refractivity contribution in [2.45, 2.75) is 117 Å². The summed E-state index contributed by atoms with van der Waals surface area (Å²) in [6.07, 6.45) is -9.19. The first-order chi connectivity index (χ1) is 21.8. The van der Waals surface area contributed by atoms with Gasteiger partial charge >= 0.3 is 59.5 Å². The molecule has 0 spiro atoms. The summed E-state index contributed by atoms with van der Waals surface area (Å²) in [6.45, 7) is 2.26. The highest BCUT2D eigenvalue weighted by molar-refractivity contribution is 5.30. The molecule has 0 saturated heterocycles. The van der Waals surface area contributed by atoms with Crippen LogP contribution in [0, 0.1) is 5.92 Å². The first-order valence-corrected chi connectivity index (χ1v) is 14.0. The molecule has 0 radical (unpaired) electrons. The number of unbranched alkanes of at least 4 members (excludes halogenated alkanes) is 2. The lowest BCUT2D eigenvalue weighted by Crippen LogP contribution is -2.77. The quantitative estimate of drug-likeness (QED) is 0.128. The van der Waals surface area contributed by atoms with Crippen LogP contribution in [0.4, 0.5) is 92.2 Å². The minimum atomic E-state index is -9.16. The van der Waals surface area contributed by atoms with Gasteiger partial charge in [-0.25, -0.2) is 0 Å². The lowest BCUT2D eigenvalue weighted by atomic mass is 9.73. The summed E-state index contributed by atoms with van der Waals surface area (Å²) in [5.41, 5.74) is 0.363. The highest BCUT2D eigenvalue weighted by Crippen LogP contribution is 2.67. The molecule has 1 aromatic rings. The van der Waals surface area contributed by atoms with Gasteiger partial charge in [-0.2, -0.15) is 92.2 Å². The van der Waals surface area contributed by atoms with Crippen LogP contribution in [0.25, 0.3) is 0 Å². The van der Waals surface area contributed by atoms with Crippen molar-refractivity contribution in [3.05, 3.63) is 29.8 Å². The van der Waals surface area contributed by atoms with Gasteiger partial charge in [-0.05, 0) is 55.7 Å². The number of hydrogen-bond donors (Lipinski definition) is 0. The predicted molar refractivity (Wildman–Crippen MR) is 127 cm³/mol. The molecule has 1 saturated carbocycles. The molecule has 2 rings (SSSR count). The third-order valence-corrected chi connectivity index (χ3v) is 8.14. The molecule has 1 aromatic carbocycles. The number of halogens is 21. The second kappa shape index (κ2) is 13.3. The van der Waals surface area contributed by atoms with Crippen LogP contribution in [0.5, 0.6) is 5.75 Å². The van der Waals surface area contributed by atoms with Crippen LogP contribution < -0.4 is 4.74 Å². The summed E-state index contributed by atoms with van der Waals surface area (Å²) in [5, 5.41) is 0. The largest absolute Gasteiger partial charge is 0.494 e. The molecular weight excluding hydrogens is 739 g/mol. The molecule has 1 fully saturated rings. The molecule has 1 aliphatic carbocycles. The van der Waals surface area contributed by atoms with Gasteiger partial charge in [0.25, 0.3) is 0 Å². The van der Waals surface area contributed by atoms with E-state index in [-0.39, 0.29) is 0 Å². The monoisotopic (exact) mass is 764 g/mol. The van der Waals surface area contributed by atoms with Crippen LogP contribution in [0.15, 0.2) is 24.3 Å². The molecule has 0 aromatic heterocycles. The molecule has 0 heterocycles. The lowest BCUT2D eigenvalue weighted by Gasteiger charge is -2.46. The Morgan fingerprint density at radius 1 is 0.490 bits per heavy atom. The molecule has 286 valence electrons. The van der Waals surface area contributed by atoms with Crippen molar-refractivity contribution >= 4 is 0 Å². The van der Waals surface area contributed by atoms with Crippen LogP contribution in [0.3, 0.4) is 0 Å². The van der Waals surface area contributed by atoms with Gasteiger partial charge in [-0.1, -0.05) is 31.9 Å². The second-order valence-corrected chi connectivity index (χ2v) is 11.4. The van der Waals surface area contributed by atoms with Crippen molar-refractivity contribution in [3.8, 4) is 5.75 Å². The van der Waals surface area contributed by atoms with E-state index in [4.69, 9.17) is 4.74 Å². The van der Waals surface area contributed by atoms with Crippen LogP contribution >= 0.6 is 0 Å². The zero-order chi connectivity index (χ0) is 38.5. The van der Waals surface area contributed by atoms with Crippen molar-refractivity contribution in [2.75, 3.05) is 6.61 Å². The van der Waals surface area contributed by atoms with E-state index in [1.54, 1.807) is 0 Å². The molecule has 0 bridgehead atoms. The third-order valence-electron chi connectivity index (χ3n) is 8.14. The van der Waals surface area contributed by atoms with E-state index in [0.29, 0.717) is 24.3 Å². The standard InChI is InChI=1S/C27H25F21O/c1-2-3-4-13-49-17-11-7-15(8-12-17)14-5-9-16(10-6-14)18(28,29)19(30,31)20(32,33)21(34,35)22(36,37)23(38,39)24(40,41)25(42,43)26(44,45)27(46,47)48/h7-8,11-12,14,16H,2-6,9-10,13H2,1H3/t14-,16-. The number of hydrogen-bond acceptors (Lipinski definition) is 1. The first-order valence-electron chi connectivity index (χ1n) is 14.0. The normalized spacial score (nSPS) is 20.0. The number of rotatable bonds is 15. The molecule has 0 atom stereocenters. The topological polar surface area (TPSA) is 9.23 Å². The van der Waals surface area contributed by atoms with Gasteiger partial charge in [0.1, 0.15) is 5.75 Å². The van der Waals surface area contributed by atoms with Crippen molar-refractivity contribution in [2.24, 2.45) is 5.92 Å². The second-order valence-electron chi connectivity index (χ2n) is 11.4. The molecule has 0 unspecified atom stereocenters. The summed E-state index contributed by atoms with van der Waals surface area (Å²) < 4.78 is 293. The third kappa shape index (κ3) is 6.58. The summed E-state index contributed by atoms with van der Waals surface area (Å²) in [6, 6.07) is 5.68. The summed E-state index contributed by atoms with van der Waals surface area (Å²) in [5.74, 6) is -80.1. The SMILES string of the molecule is CCCCCOc1ccc([C@H]2CC[C@H](C(F)(F)C(F)(F)C(F)(F)C(F)(F)C(F)(F)C(F)(F)C(F)(F)C(F)(F)C(F)(F)C(F)(F)F)CC2)cc1. The maximum Gasteiger partial charge on any atom is 0.460 e. The maximum atomic E-state index is 14.8. The average Bonchev–Trinajstić information content (AvgIpc) is 2.98. The minimum absolute atomic E-state index is 0.331. The smallest absolute Gasteiger partial charge is 0.460 e. The number of benzene rings is 1. The van der Waals surface area contributed by atoms with Crippen LogP contribution in [-0.4, -0.2) is 66.1 Å². The van der Waals surface area contributed by atoms with Crippen molar-refractivity contribution < 1.29 is 96.9 Å². The molecule has 22 heteroatoms. The summed E-state index contributed by atoms with van der Waals surface area (Å²) in [7, 11) is 0. The molecule has 1 nitrogen and oxygen atoms in total. The van der Waals surface area contributed by atoms with E-state index in [0.717, 1.165) is 12.8 Å². The average molecular weight is 764 g/mol. The van der Waals surface area contributed by atoms with Crippen molar-refractivity contribution in [1.29, 1.82) is 0 Å². The van der Waals surface area contributed by atoms with Gasteiger partial charge < -0.3 is 4.74 Å². The Morgan fingerprint density at radius 3 is 1.22 bits per heavy atom. The Bertz CT molecular complexity index is 1240. The van der Waals surface area contributed by atoms with Crippen LogP contribution in [0.1, 0.15) is 63.4 Å². The first kappa shape index (κ1) is 42.7. The summed E-state index contributed by atoms with van der Waals surface area (Å²) in [4.78, 5) is 0. The van der Waals surface area contributed by atoms with Gasteiger partial charge in [0.2, 0.25) is 0 Å². The Hall–Kier alpha value is -2.45. The zero-order valence-electron chi connectivity index (χ0n) is 24.5. The van der Waals surface area contributed by atoms with Gasteiger partial charge in [0.15, 0.2) is 0 Å². The molecule has 49 heavy (non-hydrogen) atoms. The van der Waals surface area contributed by atoms with Crippen LogP contribution in [-0.2, 0) is 0 Å². The Balaban J connectivity index is 2.37. The van der Waals surface area contributed by atoms with Gasteiger partial charge in [-0.15, -0.1) is 0 Å². The van der Waals surface area contributed by atoms with E-state index >= 15 is 0 Å². The maximum absolute atomic E-state index is 14.8. The van der Waals surface area contributed by atoms with Crippen LogP contribution in [0.2, 0.25) is 0 Å². The minimum Gasteiger partial charge on any atom is -0.494 e. The Morgan fingerprint density at radius 2 is 0.857 bits per heavy atom. The lowest BCUT2D eigenvalue weighted by molar-refractivity contribution is -0.475. The highest BCUT2D eigenvalue weighted by atomic mass is 19.4. The Labute approximate surface area is 263 Å². The molecule has 1 aliphatic rings. The molecule has 0 amide bonds. The van der Waals surface area contributed by atoms with Gasteiger partial charge in [-0.3, -0.25) is 0 Å². The van der Waals surface area contributed by atoms with Gasteiger partial charge in [0, 0.05) is 5.92 Å². The molecule has 0 N–H and O–H groups in total. The fourth-order valence-electron chi connectivity index (χ4n) is 4.99. The fraction of sp³-hybridized carbons (Fsp3) is 0.778. The van der Waals surface area contributed by atoms with E-state index in [2.05, 4.69) is 0 Å². The van der Waals surface area contributed by atoms with Crippen molar-refractivity contribution in [3.63, 3.8) is 0 Å².